The Labute approximate surface area is 76.1 Å². The van der Waals surface area contributed by atoms with Crippen LogP contribution in [-0.2, 0) is 16.1 Å². The summed E-state index contributed by atoms with van der Waals surface area (Å²) in [6, 6.07) is 7.32. The van der Waals surface area contributed by atoms with E-state index in [1.165, 1.54) is 0 Å². The smallest absolute Gasteiger partial charge is 0.145 e. The summed E-state index contributed by atoms with van der Waals surface area (Å²) in [6.45, 7) is 0.596. The fourth-order valence-electron chi connectivity index (χ4n) is 0.806. The van der Waals surface area contributed by atoms with Gasteiger partial charge in [-0.25, -0.2) is 0 Å². The second-order valence-electron chi connectivity index (χ2n) is 2.31. The zero-order valence-electron chi connectivity index (χ0n) is 6.50. The number of benzene rings is 1. The lowest BCUT2D eigenvalue weighted by Crippen LogP contribution is -1.95. The van der Waals surface area contributed by atoms with E-state index in [2.05, 4.69) is 0 Å². The van der Waals surface area contributed by atoms with Gasteiger partial charge in [-0.3, -0.25) is 0 Å². The third kappa shape index (κ3) is 3.03. The number of carbonyl (C=O) groups excluding carboxylic acids is 1. The number of rotatable bonds is 4. The molecule has 3 heteroatoms. The molecule has 2 nitrogen and oxygen atoms in total. The Morgan fingerprint density at radius 2 is 2.00 bits per heavy atom. The summed E-state index contributed by atoms with van der Waals surface area (Å²) in [5, 5.41) is 0.703. The monoisotopic (exact) mass is 184 g/mol. The highest BCUT2D eigenvalue weighted by atomic mass is 35.5. The van der Waals surface area contributed by atoms with E-state index in [1.807, 2.05) is 12.1 Å². The maximum absolute atomic E-state index is 9.90. The van der Waals surface area contributed by atoms with Crippen LogP contribution in [0.1, 0.15) is 5.56 Å². The highest BCUT2D eigenvalue weighted by Gasteiger charge is 1.92. The zero-order chi connectivity index (χ0) is 8.81. The first-order valence-electron chi connectivity index (χ1n) is 3.59. The molecule has 1 rings (SSSR count). The van der Waals surface area contributed by atoms with E-state index in [9.17, 15) is 4.79 Å². The minimum atomic E-state index is 0.141. The Bertz CT molecular complexity index is 243. The van der Waals surface area contributed by atoms with E-state index >= 15 is 0 Å². The maximum atomic E-state index is 9.90. The van der Waals surface area contributed by atoms with E-state index in [-0.39, 0.29) is 6.61 Å². The average molecular weight is 185 g/mol. The minimum absolute atomic E-state index is 0.141. The summed E-state index contributed by atoms with van der Waals surface area (Å²) in [5.41, 5.74) is 1.02. The van der Waals surface area contributed by atoms with Crippen molar-refractivity contribution in [1.29, 1.82) is 0 Å². The molecule has 0 spiro atoms. The number of carbonyl (C=O) groups is 1. The Morgan fingerprint density at radius 1 is 1.33 bits per heavy atom. The first kappa shape index (κ1) is 9.23. The van der Waals surface area contributed by atoms with Crippen molar-refractivity contribution in [3.8, 4) is 0 Å². The van der Waals surface area contributed by atoms with Gasteiger partial charge >= 0.3 is 0 Å². The van der Waals surface area contributed by atoms with E-state index in [0.717, 1.165) is 11.8 Å². The quantitative estimate of drug-likeness (QED) is 0.529. The molecule has 0 unspecified atom stereocenters. The SMILES string of the molecule is O=CCOCc1ccc(Cl)cc1. The van der Waals surface area contributed by atoms with Crippen LogP contribution in [0.5, 0.6) is 0 Å². The van der Waals surface area contributed by atoms with E-state index in [1.54, 1.807) is 12.1 Å². The van der Waals surface area contributed by atoms with Crippen molar-refractivity contribution in [1.82, 2.24) is 0 Å². The van der Waals surface area contributed by atoms with Gasteiger partial charge in [0.1, 0.15) is 12.9 Å². The molecule has 0 aromatic heterocycles. The number of halogens is 1. The number of ether oxygens (including phenoxy) is 1. The molecule has 0 N–H and O–H groups in total. The van der Waals surface area contributed by atoms with Gasteiger partial charge in [-0.1, -0.05) is 23.7 Å². The van der Waals surface area contributed by atoms with Crippen LogP contribution in [0.15, 0.2) is 24.3 Å². The fraction of sp³-hybridized carbons (Fsp3) is 0.222. The second-order valence-corrected chi connectivity index (χ2v) is 2.74. The van der Waals surface area contributed by atoms with E-state index in [4.69, 9.17) is 16.3 Å². The summed E-state index contributed by atoms with van der Waals surface area (Å²) in [4.78, 5) is 9.90. The molecule has 0 aliphatic heterocycles. The normalized spacial score (nSPS) is 9.75. The third-order valence-corrected chi connectivity index (χ3v) is 1.62. The maximum Gasteiger partial charge on any atom is 0.145 e. The molecular formula is C9H9ClO2. The van der Waals surface area contributed by atoms with Gasteiger partial charge in [-0.15, -0.1) is 0 Å². The highest BCUT2D eigenvalue weighted by Crippen LogP contribution is 2.09. The summed E-state index contributed by atoms with van der Waals surface area (Å²) in [7, 11) is 0. The van der Waals surface area contributed by atoms with Gasteiger partial charge in [0.15, 0.2) is 0 Å². The lowest BCUT2D eigenvalue weighted by atomic mass is 10.2. The molecule has 1 aromatic carbocycles. The van der Waals surface area contributed by atoms with Gasteiger partial charge in [0.05, 0.1) is 6.61 Å². The van der Waals surface area contributed by atoms with Crippen LogP contribution in [0.2, 0.25) is 5.02 Å². The average Bonchev–Trinajstić information content (AvgIpc) is 2.09. The predicted molar refractivity (Wildman–Crippen MR) is 47.2 cm³/mol. The van der Waals surface area contributed by atoms with Crippen LogP contribution in [0.25, 0.3) is 0 Å². The highest BCUT2D eigenvalue weighted by molar-refractivity contribution is 6.30. The van der Waals surface area contributed by atoms with Crippen LogP contribution in [0.4, 0.5) is 0 Å². The van der Waals surface area contributed by atoms with Crippen molar-refractivity contribution in [3.05, 3.63) is 34.9 Å². The number of aldehydes is 1. The lowest BCUT2D eigenvalue weighted by molar-refractivity contribution is -0.112. The molecular weight excluding hydrogens is 176 g/mol. The van der Waals surface area contributed by atoms with Crippen molar-refractivity contribution in [3.63, 3.8) is 0 Å². The third-order valence-electron chi connectivity index (χ3n) is 1.37. The van der Waals surface area contributed by atoms with Gasteiger partial charge in [0.2, 0.25) is 0 Å². The van der Waals surface area contributed by atoms with Gasteiger partial charge in [-0.2, -0.15) is 0 Å². The van der Waals surface area contributed by atoms with Gasteiger partial charge in [0.25, 0.3) is 0 Å². The Hall–Kier alpha value is -0.860. The number of hydrogen-bond acceptors (Lipinski definition) is 2. The van der Waals surface area contributed by atoms with Crippen molar-refractivity contribution < 1.29 is 9.53 Å². The molecule has 0 fully saturated rings. The summed E-state index contributed by atoms with van der Waals surface area (Å²) in [5.74, 6) is 0. The van der Waals surface area contributed by atoms with Crippen LogP contribution in [-0.4, -0.2) is 12.9 Å². The predicted octanol–water partition coefficient (Wildman–Crippen LogP) is 2.06. The van der Waals surface area contributed by atoms with Gasteiger partial charge < -0.3 is 9.53 Å². The molecule has 0 bridgehead atoms. The molecule has 0 aliphatic carbocycles. The van der Waals surface area contributed by atoms with E-state index < -0.39 is 0 Å². The molecule has 0 saturated carbocycles. The molecule has 64 valence electrons. The van der Waals surface area contributed by atoms with Gasteiger partial charge in [0, 0.05) is 5.02 Å². The van der Waals surface area contributed by atoms with Crippen LogP contribution in [0.3, 0.4) is 0 Å². The van der Waals surface area contributed by atoms with Crippen LogP contribution in [0, 0.1) is 0 Å². The van der Waals surface area contributed by atoms with Crippen molar-refractivity contribution in [2.24, 2.45) is 0 Å². The van der Waals surface area contributed by atoms with Crippen LogP contribution >= 0.6 is 11.6 Å². The largest absolute Gasteiger partial charge is 0.369 e. The topological polar surface area (TPSA) is 26.3 Å². The molecule has 0 saturated heterocycles. The Balaban J connectivity index is 2.42. The molecule has 12 heavy (non-hydrogen) atoms. The summed E-state index contributed by atoms with van der Waals surface area (Å²) in [6.07, 6.45) is 0.732. The van der Waals surface area contributed by atoms with Gasteiger partial charge in [-0.05, 0) is 17.7 Å². The van der Waals surface area contributed by atoms with Crippen LogP contribution < -0.4 is 0 Å². The molecule has 0 amide bonds. The van der Waals surface area contributed by atoms with Crippen molar-refractivity contribution >= 4 is 17.9 Å². The molecule has 0 atom stereocenters. The van der Waals surface area contributed by atoms with Crippen molar-refractivity contribution in [2.45, 2.75) is 6.61 Å². The summed E-state index contributed by atoms with van der Waals surface area (Å²) >= 11 is 5.68. The fourth-order valence-corrected chi connectivity index (χ4v) is 0.932. The molecule has 1 aromatic rings. The lowest BCUT2D eigenvalue weighted by Gasteiger charge is -1.99. The Kier molecular flexibility index (Phi) is 3.77. The molecule has 0 heterocycles. The molecule has 0 aliphatic rings. The first-order valence-corrected chi connectivity index (χ1v) is 3.96. The Morgan fingerprint density at radius 3 is 2.58 bits per heavy atom. The molecule has 0 radical (unpaired) electrons. The first-order chi connectivity index (χ1) is 5.83. The zero-order valence-corrected chi connectivity index (χ0v) is 7.25. The number of hydrogen-bond donors (Lipinski definition) is 0. The standard InChI is InChI=1S/C9H9ClO2/c10-9-3-1-8(2-4-9)7-12-6-5-11/h1-5H,6-7H2. The van der Waals surface area contributed by atoms with Crippen molar-refractivity contribution in [2.75, 3.05) is 6.61 Å². The minimum Gasteiger partial charge on any atom is -0.369 e. The second kappa shape index (κ2) is 4.91. The van der Waals surface area contributed by atoms with E-state index in [0.29, 0.717) is 11.6 Å². The summed E-state index contributed by atoms with van der Waals surface area (Å²) < 4.78 is 5.00.